The van der Waals surface area contributed by atoms with Crippen molar-refractivity contribution < 1.29 is 24.1 Å². The van der Waals surface area contributed by atoms with Crippen LogP contribution in [0.1, 0.15) is 46.8 Å². The van der Waals surface area contributed by atoms with E-state index in [-0.39, 0.29) is 12.2 Å². The Morgan fingerprint density at radius 3 is 2.24 bits per heavy atom. The smallest absolute Gasteiger partial charge is 0.336 e. The highest BCUT2D eigenvalue weighted by Gasteiger charge is 2.17. The van der Waals surface area contributed by atoms with Crippen LogP contribution in [0.2, 0.25) is 0 Å². The second kappa shape index (κ2) is 7.92. The van der Waals surface area contributed by atoms with Crippen molar-refractivity contribution in [2.75, 3.05) is 14.2 Å². The summed E-state index contributed by atoms with van der Waals surface area (Å²) in [5.74, 6) is 0.885. The number of methoxy groups -OCH3 is 2. The molecule has 0 radical (unpaired) electrons. The second-order valence-corrected chi connectivity index (χ2v) is 6.15. The summed E-state index contributed by atoms with van der Waals surface area (Å²) >= 11 is 0. The van der Waals surface area contributed by atoms with Gasteiger partial charge in [0.2, 0.25) is 0 Å². The molecule has 0 aromatic heterocycles. The number of carboxylic acid groups (broad SMARTS) is 1. The zero-order valence-electron chi connectivity index (χ0n) is 15.3. The van der Waals surface area contributed by atoms with E-state index < -0.39 is 5.97 Å². The molecule has 0 fully saturated rings. The summed E-state index contributed by atoms with van der Waals surface area (Å²) in [6.07, 6.45) is 0. The van der Waals surface area contributed by atoms with Gasteiger partial charge in [-0.05, 0) is 42.2 Å². The minimum atomic E-state index is -1.03. The Hall–Kier alpha value is -2.69. The number of hydrogen-bond donors (Lipinski definition) is 1. The molecule has 0 amide bonds. The largest absolute Gasteiger partial charge is 0.493 e. The van der Waals surface area contributed by atoms with Crippen LogP contribution in [0.3, 0.4) is 0 Å². The van der Waals surface area contributed by atoms with Crippen molar-refractivity contribution in [3.8, 4) is 17.2 Å². The Labute approximate surface area is 148 Å². The van der Waals surface area contributed by atoms with Gasteiger partial charge in [-0.25, -0.2) is 4.79 Å². The van der Waals surface area contributed by atoms with Gasteiger partial charge in [0.25, 0.3) is 0 Å². The van der Waals surface area contributed by atoms with E-state index in [4.69, 9.17) is 14.2 Å². The molecule has 0 saturated carbocycles. The highest BCUT2D eigenvalue weighted by molar-refractivity contribution is 5.90. The predicted octanol–water partition coefficient (Wildman–Crippen LogP) is 4.41. The maximum absolute atomic E-state index is 11.6. The van der Waals surface area contributed by atoms with Crippen LogP contribution in [0, 0.1) is 6.92 Å². The zero-order chi connectivity index (χ0) is 18.6. The molecule has 25 heavy (non-hydrogen) atoms. The fourth-order valence-electron chi connectivity index (χ4n) is 2.64. The Balaban J connectivity index is 2.38. The molecule has 0 aliphatic heterocycles. The van der Waals surface area contributed by atoms with Gasteiger partial charge in [0.1, 0.15) is 12.4 Å². The third kappa shape index (κ3) is 4.24. The molecule has 134 valence electrons. The van der Waals surface area contributed by atoms with E-state index in [9.17, 15) is 9.90 Å². The standard InChI is InChI=1S/C20H24O5/c1-12(2)15-7-6-13(3)8-17(15)25-11-14-9-18(23-4)19(24-5)10-16(14)20(21)22/h6-10,12H,11H2,1-5H3,(H,21,22). The lowest BCUT2D eigenvalue weighted by molar-refractivity contribution is 0.0693. The molecule has 2 aromatic rings. The second-order valence-electron chi connectivity index (χ2n) is 6.15. The number of hydrogen-bond acceptors (Lipinski definition) is 4. The minimum Gasteiger partial charge on any atom is -0.493 e. The molecular formula is C20H24O5. The highest BCUT2D eigenvalue weighted by Crippen LogP contribution is 2.33. The lowest BCUT2D eigenvalue weighted by Crippen LogP contribution is -2.08. The van der Waals surface area contributed by atoms with Gasteiger partial charge in [0, 0.05) is 5.56 Å². The molecule has 0 saturated heterocycles. The van der Waals surface area contributed by atoms with Crippen LogP contribution in [0.25, 0.3) is 0 Å². The van der Waals surface area contributed by atoms with Crippen LogP contribution in [0.5, 0.6) is 17.2 Å². The topological polar surface area (TPSA) is 65.0 Å². The van der Waals surface area contributed by atoms with Gasteiger partial charge >= 0.3 is 5.97 Å². The van der Waals surface area contributed by atoms with Gasteiger partial charge in [-0.15, -0.1) is 0 Å². The van der Waals surface area contributed by atoms with Crippen LogP contribution < -0.4 is 14.2 Å². The maximum atomic E-state index is 11.6. The van der Waals surface area contributed by atoms with E-state index >= 15 is 0 Å². The average Bonchev–Trinajstić information content (AvgIpc) is 2.58. The van der Waals surface area contributed by atoms with E-state index in [1.54, 1.807) is 6.07 Å². The van der Waals surface area contributed by atoms with Crippen molar-refractivity contribution in [2.24, 2.45) is 0 Å². The average molecular weight is 344 g/mol. The summed E-state index contributed by atoms with van der Waals surface area (Å²) in [5, 5.41) is 9.48. The van der Waals surface area contributed by atoms with E-state index in [1.807, 2.05) is 25.1 Å². The lowest BCUT2D eigenvalue weighted by Gasteiger charge is -2.17. The quantitative estimate of drug-likeness (QED) is 0.806. The van der Waals surface area contributed by atoms with Crippen LogP contribution in [0.15, 0.2) is 30.3 Å². The Bertz CT molecular complexity index is 765. The summed E-state index contributed by atoms with van der Waals surface area (Å²) < 4.78 is 16.4. The number of ether oxygens (including phenoxy) is 3. The van der Waals surface area contributed by atoms with Crippen molar-refractivity contribution in [3.05, 3.63) is 52.6 Å². The Kier molecular flexibility index (Phi) is 5.91. The van der Waals surface area contributed by atoms with E-state index in [1.165, 1.54) is 20.3 Å². The van der Waals surface area contributed by atoms with Gasteiger partial charge < -0.3 is 19.3 Å². The molecule has 0 aliphatic rings. The van der Waals surface area contributed by atoms with Gasteiger partial charge in [0.15, 0.2) is 11.5 Å². The van der Waals surface area contributed by atoms with Crippen LogP contribution >= 0.6 is 0 Å². The van der Waals surface area contributed by atoms with E-state index in [0.29, 0.717) is 23.0 Å². The Morgan fingerprint density at radius 2 is 1.68 bits per heavy atom. The number of aryl methyl sites for hydroxylation is 1. The molecule has 0 heterocycles. The first kappa shape index (κ1) is 18.6. The zero-order valence-corrected chi connectivity index (χ0v) is 15.3. The Morgan fingerprint density at radius 1 is 1.04 bits per heavy atom. The molecule has 0 aliphatic carbocycles. The number of benzene rings is 2. The summed E-state index contributed by atoms with van der Waals surface area (Å²) in [5.41, 5.74) is 2.84. The number of carboxylic acids is 1. The molecule has 0 bridgehead atoms. The summed E-state index contributed by atoms with van der Waals surface area (Å²) in [4.78, 5) is 11.6. The maximum Gasteiger partial charge on any atom is 0.336 e. The van der Waals surface area contributed by atoms with Crippen molar-refractivity contribution in [3.63, 3.8) is 0 Å². The number of rotatable bonds is 7. The normalized spacial score (nSPS) is 10.6. The van der Waals surface area contributed by atoms with Crippen LogP contribution in [-0.2, 0) is 6.61 Å². The third-order valence-electron chi connectivity index (χ3n) is 4.01. The van der Waals surface area contributed by atoms with E-state index in [2.05, 4.69) is 13.8 Å². The molecule has 1 N–H and O–H groups in total. The van der Waals surface area contributed by atoms with Gasteiger partial charge in [-0.3, -0.25) is 0 Å². The number of aromatic carboxylic acids is 1. The first-order valence-corrected chi connectivity index (χ1v) is 8.08. The summed E-state index contributed by atoms with van der Waals surface area (Å²) in [6, 6.07) is 9.16. The van der Waals surface area contributed by atoms with Crippen molar-refractivity contribution in [1.82, 2.24) is 0 Å². The fourth-order valence-corrected chi connectivity index (χ4v) is 2.64. The monoisotopic (exact) mass is 344 g/mol. The summed E-state index contributed by atoms with van der Waals surface area (Å²) in [7, 11) is 2.99. The molecular weight excluding hydrogens is 320 g/mol. The van der Waals surface area contributed by atoms with Crippen molar-refractivity contribution in [2.45, 2.75) is 33.3 Å². The molecule has 0 unspecified atom stereocenters. The minimum absolute atomic E-state index is 0.130. The van der Waals surface area contributed by atoms with Crippen LogP contribution in [-0.4, -0.2) is 25.3 Å². The third-order valence-corrected chi connectivity index (χ3v) is 4.01. The van der Waals surface area contributed by atoms with Gasteiger partial charge in [-0.2, -0.15) is 0 Å². The lowest BCUT2D eigenvalue weighted by atomic mass is 10.0. The SMILES string of the molecule is COc1cc(COc2cc(C)ccc2C(C)C)c(C(=O)O)cc1OC. The molecule has 5 heteroatoms. The predicted molar refractivity (Wildman–Crippen MR) is 96.1 cm³/mol. The van der Waals surface area contributed by atoms with E-state index in [0.717, 1.165) is 16.9 Å². The fraction of sp³-hybridized carbons (Fsp3) is 0.350. The first-order valence-electron chi connectivity index (χ1n) is 8.08. The van der Waals surface area contributed by atoms with Crippen molar-refractivity contribution >= 4 is 5.97 Å². The molecule has 0 spiro atoms. The van der Waals surface area contributed by atoms with Crippen LogP contribution in [0.4, 0.5) is 0 Å². The molecule has 2 rings (SSSR count). The number of carbonyl (C=O) groups is 1. The van der Waals surface area contributed by atoms with Crippen molar-refractivity contribution in [1.29, 1.82) is 0 Å². The van der Waals surface area contributed by atoms with Gasteiger partial charge in [-0.1, -0.05) is 26.0 Å². The molecule has 2 aromatic carbocycles. The molecule has 0 atom stereocenters. The first-order chi connectivity index (χ1) is 11.9. The van der Waals surface area contributed by atoms with Gasteiger partial charge in [0.05, 0.1) is 19.8 Å². The highest BCUT2D eigenvalue weighted by atomic mass is 16.5. The molecule has 5 nitrogen and oxygen atoms in total. The summed E-state index contributed by atoms with van der Waals surface area (Å²) in [6.45, 7) is 6.31.